The Morgan fingerprint density at radius 1 is 1.26 bits per heavy atom. The average Bonchev–Trinajstić information content (AvgIpc) is 2.35. The Kier molecular flexibility index (Phi) is 4.70. The summed E-state index contributed by atoms with van der Waals surface area (Å²) >= 11 is 11.7. The van der Waals surface area contributed by atoms with Gasteiger partial charge in [0, 0.05) is 5.69 Å². The van der Waals surface area contributed by atoms with Crippen LogP contribution >= 0.6 is 31.0 Å². The van der Waals surface area contributed by atoms with E-state index in [-0.39, 0.29) is 5.28 Å². The first-order chi connectivity index (χ1) is 9.04. The Morgan fingerprint density at radius 2 is 1.95 bits per heavy atom. The van der Waals surface area contributed by atoms with Gasteiger partial charge in [-0.05, 0) is 29.3 Å². The van der Waals surface area contributed by atoms with Gasteiger partial charge in [-0.3, -0.25) is 0 Å². The van der Waals surface area contributed by atoms with Gasteiger partial charge >= 0.3 is 7.80 Å². The monoisotopic (exact) mass is 314 g/mol. The smallest absolute Gasteiger partial charge is 0.339 e. The maximum Gasteiger partial charge on any atom is 0.340 e. The zero-order valence-electron chi connectivity index (χ0n) is 10.1. The van der Waals surface area contributed by atoms with Gasteiger partial charge in [-0.25, -0.2) is 4.98 Å². The van der Waals surface area contributed by atoms with Crippen LogP contribution in [0.25, 0.3) is 0 Å². The van der Waals surface area contributed by atoms with Gasteiger partial charge in [-0.15, -0.1) is 0 Å². The first kappa shape index (κ1) is 14.2. The van der Waals surface area contributed by atoms with Gasteiger partial charge in [0.25, 0.3) is 0 Å². The highest BCUT2D eigenvalue weighted by atomic mass is 35.5. The highest BCUT2D eigenvalue weighted by Crippen LogP contribution is 2.26. The van der Waals surface area contributed by atoms with E-state index in [2.05, 4.69) is 15.3 Å². The summed E-state index contributed by atoms with van der Waals surface area (Å²) in [5.41, 5.74) is 1.85. The van der Waals surface area contributed by atoms with Crippen LogP contribution in [0.4, 0.5) is 11.5 Å². The second kappa shape index (κ2) is 6.29. The van der Waals surface area contributed by atoms with E-state index < -0.39 is 7.80 Å². The Hall–Kier alpha value is -1.22. The van der Waals surface area contributed by atoms with Crippen LogP contribution in [0.3, 0.4) is 0 Å². The third-order valence-corrected chi connectivity index (χ3v) is 3.61. The lowest BCUT2D eigenvalue weighted by molar-refractivity contribution is 0.590. The van der Waals surface area contributed by atoms with Crippen molar-refractivity contribution in [2.24, 2.45) is 0 Å². The molecule has 0 aliphatic heterocycles. The van der Waals surface area contributed by atoms with E-state index in [1.165, 1.54) is 6.20 Å². The fourth-order valence-corrected chi connectivity index (χ4v) is 2.52. The molecule has 2 aromatic rings. The maximum absolute atomic E-state index is 11.2. The first-order valence-corrected chi connectivity index (χ1v) is 8.11. The lowest BCUT2D eigenvalue weighted by Gasteiger charge is -2.07. The molecule has 7 heteroatoms. The predicted octanol–water partition coefficient (Wildman–Crippen LogP) is 4.48. The molecule has 1 N–H and O–H groups in total. The van der Waals surface area contributed by atoms with Gasteiger partial charge in [0.2, 0.25) is 5.28 Å². The molecule has 0 spiro atoms. The number of benzene rings is 1. The topological polar surface area (TPSA) is 54.9 Å². The quantitative estimate of drug-likeness (QED) is 0.667. The molecule has 4 nitrogen and oxygen atoms in total. The predicted molar refractivity (Wildman–Crippen MR) is 79.0 cm³/mol. The fourth-order valence-electron chi connectivity index (χ4n) is 1.52. The summed E-state index contributed by atoms with van der Waals surface area (Å²) in [6.07, 6.45) is 2.02. The van der Waals surface area contributed by atoms with Gasteiger partial charge in [-0.1, -0.05) is 28.3 Å². The number of nitrogens with zero attached hydrogens (tertiary/aromatic N) is 2. The summed E-state index contributed by atoms with van der Waals surface area (Å²) < 4.78 is 11.2. The Bertz CT molecular complexity index is 604. The lowest BCUT2D eigenvalue weighted by Crippen LogP contribution is -1.96. The zero-order valence-corrected chi connectivity index (χ0v) is 12.5. The van der Waals surface area contributed by atoms with Crippen LogP contribution in [-0.2, 0) is 10.7 Å². The Labute approximate surface area is 122 Å². The second-order valence-corrected chi connectivity index (χ2v) is 6.26. The van der Waals surface area contributed by atoms with Crippen molar-refractivity contribution < 1.29 is 4.57 Å². The van der Waals surface area contributed by atoms with E-state index in [9.17, 15) is 4.57 Å². The number of halogens is 2. The number of hydrogen-bond acceptors (Lipinski definition) is 4. The minimum absolute atomic E-state index is 0.131. The van der Waals surface area contributed by atoms with Crippen molar-refractivity contribution in [2.75, 3.05) is 12.0 Å². The molecule has 1 unspecified atom stereocenters. The van der Waals surface area contributed by atoms with Gasteiger partial charge in [0.15, 0.2) is 12.0 Å². The van der Waals surface area contributed by atoms with Crippen LogP contribution in [0.1, 0.15) is 5.56 Å². The van der Waals surface area contributed by atoms with Crippen molar-refractivity contribution in [3.63, 3.8) is 0 Å². The molecule has 0 radical (unpaired) electrons. The standard InChI is InChI=1S/C12H11Cl2N3OP/c1-19(18)7-8-2-4-9(5-3-8)16-11-10(13)6-15-12(14)17-11/h2-6H,7H2,1H3,(H,15,16,17)/q+1. The molecule has 1 aromatic heterocycles. The number of rotatable bonds is 4. The molecule has 1 aromatic carbocycles. The van der Waals surface area contributed by atoms with E-state index in [0.29, 0.717) is 17.0 Å². The molecular weight excluding hydrogens is 304 g/mol. The number of nitrogens with one attached hydrogen (secondary N) is 1. The summed E-state index contributed by atoms with van der Waals surface area (Å²) in [5, 5.41) is 3.58. The largest absolute Gasteiger partial charge is 0.340 e. The summed E-state index contributed by atoms with van der Waals surface area (Å²) in [6, 6.07) is 7.58. The SMILES string of the molecule is C[P+](=O)Cc1ccc(Nc2nc(Cl)ncc2Cl)cc1. The van der Waals surface area contributed by atoms with Crippen LogP contribution in [0.2, 0.25) is 10.3 Å². The molecule has 1 atom stereocenters. The molecule has 0 fully saturated rings. The van der Waals surface area contributed by atoms with Crippen molar-refractivity contribution in [2.45, 2.75) is 6.16 Å². The van der Waals surface area contributed by atoms with E-state index in [1.807, 2.05) is 24.3 Å². The molecule has 0 amide bonds. The third kappa shape index (κ3) is 4.13. The molecule has 19 heavy (non-hydrogen) atoms. The van der Waals surface area contributed by atoms with Crippen LogP contribution in [-0.4, -0.2) is 16.6 Å². The van der Waals surface area contributed by atoms with Gasteiger partial charge in [0.05, 0.1) is 6.20 Å². The first-order valence-electron chi connectivity index (χ1n) is 5.47. The van der Waals surface area contributed by atoms with Crippen LogP contribution in [0.15, 0.2) is 30.5 Å². The Morgan fingerprint density at radius 3 is 2.58 bits per heavy atom. The molecule has 98 valence electrons. The van der Waals surface area contributed by atoms with Crippen molar-refractivity contribution >= 4 is 42.5 Å². The molecule has 0 aliphatic carbocycles. The van der Waals surface area contributed by atoms with Crippen LogP contribution in [0.5, 0.6) is 0 Å². The number of anilines is 2. The molecule has 0 saturated carbocycles. The average molecular weight is 315 g/mol. The van der Waals surface area contributed by atoms with E-state index in [1.54, 1.807) is 6.66 Å². The summed E-state index contributed by atoms with van der Waals surface area (Å²) in [5.74, 6) is 0.455. The van der Waals surface area contributed by atoms with Crippen molar-refractivity contribution in [3.05, 3.63) is 46.3 Å². The molecule has 1 heterocycles. The van der Waals surface area contributed by atoms with E-state index >= 15 is 0 Å². The molecule has 2 rings (SSSR count). The number of aromatic nitrogens is 2. The second-order valence-electron chi connectivity index (χ2n) is 3.94. The molecule has 0 bridgehead atoms. The summed E-state index contributed by atoms with van der Waals surface area (Å²) in [4.78, 5) is 7.78. The molecule has 0 saturated heterocycles. The van der Waals surface area contributed by atoms with E-state index in [4.69, 9.17) is 23.2 Å². The minimum atomic E-state index is -1.17. The maximum atomic E-state index is 11.2. The van der Waals surface area contributed by atoms with Crippen molar-refractivity contribution in [1.29, 1.82) is 0 Å². The van der Waals surface area contributed by atoms with Crippen LogP contribution in [0, 0.1) is 0 Å². The highest BCUT2D eigenvalue weighted by molar-refractivity contribution is 7.42. The normalized spacial score (nSPS) is 11.2. The van der Waals surface area contributed by atoms with Crippen molar-refractivity contribution in [1.82, 2.24) is 9.97 Å². The van der Waals surface area contributed by atoms with E-state index in [0.717, 1.165) is 11.3 Å². The molecular formula is C12H11Cl2N3OP+. The van der Waals surface area contributed by atoms with Gasteiger partial charge in [-0.2, -0.15) is 4.98 Å². The fraction of sp³-hybridized carbons (Fsp3) is 0.167. The molecule has 0 aliphatic rings. The summed E-state index contributed by atoms with van der Waals surface area (Å²) in [6.45, 7) is 1.71. The highest BCUT2D eigenvalue weighted by Gasteiger charge is 2.08. The number of hydrogen-bond donors (Lipinski definition) is 1. The lowest BCUT2D eigenvalue weighted by atomic mass is 10.2. The van der Waals surface area contributed by atoms with Gasteiger partial charge in [0.1, 0.15) is 11.7 Å². The van der Waals surface area contributed by atoms with Gasteiger partial charge < -0.3 is 5.32 Å². The third-order valence-electron chi connectivity index (χ3n) is 2.34. The van der Waals surface area contributed by atoms with Crippen molar-refractivity contribution in [3.8, 4) is 0 Å². The van der Waals surface area contributed by atoms with Crippen LogP contribution < -0.4 is 5.32 Å². The zero-order chi connectivity index (χ0) is 13.8. The summed E-state index contributed by atoms with van der Waals surface area (Å²) in [7, 11) is -1.17. The minimum Gasteiger partial charge on any atom is -0.339 e. The Balaban J connectivity index is 2.15.